The molecular formula is C11H19N3OS. The van der Waals surface area contributed by atoms with Crippen molar-refractivity contribution in [3.8, 4) is 0 Å². The van der Waals surface area contributed by atoms with Gasteiger partial charge in [0.25, 0.3) is 0 Å². The largest absolute Gasteiger partial charge is 0.356 e. The Morgan fingerprint density at radius 2 is 2.31 bits per heavy atom. The van der Waals surface area contributed by atoms with Crippen LogP contribution in [0.4, 0.5) is 0 Å². The van der Waals surface area contributed by atoms with Crippen molar-refractivity contribution in [3.63, 3.8) is 0 Å². The van der Waals surface area contributed by atoms with Gasteiger partial charge in [0.1, 0.15) is 0 Å². The van der Waals surface area contributed by atoms with Gasteiger partial charge in [0.05, 0.1) is 10.7 Å². The van der Waals surface area contributed by atoms with E-state index in [9.17, 15) is 4.79 Å². The van der Waals surface area contributed by atoms with Crippen LogP contribution < -0.4 is 10.6 Å². The lowest BCUT2D eigenvalue weighted by Crippen LogP contribution is -2.28. The molecule has 0 atom stereocenters. The molecule has 1 heterocycles. The Morgan fingerprint density at radius 3 is 2.94 bits per heavy atom. The molecule has 16 heavy (non-hydrogen) atoms. The van der Waals surface area contributed by atoms with Gasteiger partial charge < -0.3 is 10.6 Å². The summed E-state index contributed by atoms with van der Waals surface area (Å²) >= 11 is 1.65. The van der Waals surface area contributed by atoms with E-state index < -0.39 is 0 Å². The first-order chi connectivity index (χ1) is 7.72. The predicted octanol–water partition coefficient (Wildman–Crippen LogP) is 1.46. The van der Waals surface area contributed by atoms with Crippen LogP contribution in [-0.4, -0.2) is 24.0 Å². The molecule has 1 aromatic heterocycles. The predicted molar refractivity (Wildman–Crippen MR) is 66.5 cm³/mol. The van der Waals surface area contributed by atoms with Gasteiger partial charge in [0.2, 0.25) is 5.91 Å². The van der Waals surface area contributed by atoms with Crippen molar-refractivity contribution in [1.82, 2.24) is 15.6 Å². The number of carbonyl (C=O) groups is 1. The van der Waals surface area contributed by atoms with Crippen LogP contribution in [0.5, 0.6) is 0 Å². The normalized spacial score (nSPS) is 10.4. The standard InChI is InChI=1S/C11H19N3OS/c1-3-5-13-11(15)4-6-12-7-10-8-16-9(2)14-10/h8,12H,3-7H2,1-2H3,(H,13,15). The highest BCUT2D eigenvalue weighted by atomic mass is 32.1. The van der Waals surface area contributed by atoms with Gasteiger partial charge in [0.15, 0.2) is 0 Å². The minimum atomic E-state index is 0.115. The SMILES string of the molecule is CCCNC(=O)CCNCc1csc(C)n1. The van der Waals surface area contributed by atoms with Crippen LogP contribution in [0.2, 0.25) is 0 Å². The molecule has 5 heteroatoms. The lowest BCUT2D eigenvalue weighted by molar-refractivity contribution is -0.120. The van der Waals surface area contributed by atoms with Gasteiger partial charge in [-0.05, 0) is 13.3 Å². The maximum Gasteiger partial charge on any atom is 0.221 e. The number of hydrogen-bond acceptors (Lipinski definition) is 4. The number of nitrogens with zero attached hydrogens (tertiary/aromatic N) is 1. The summed E-state index contributed by atoms with van der Waals surface area (Å²) in [6.45, 7) is 6.25. The highest BCUT2D eigenvalue weighted by Gasteiger charge is 2.00. The van der Waals surface area contributed by atoms with Gasteiger partial charge >= 0.3 is 0 Å². The molecule has 0 fully saturated rings. The van der Waals surface area contributed by atoms with Crippen LogP contribution in [0.15, 0.2) is 5.38 Å². The molecule has 0 saturated carbocycles. The van der Waals surface area contributed by atoms with Crippen molar-refractivity contribution in [3.05, 3.63) is 16.1 Å². The summed E-state index contributed by atoms with van der Waals surface area (Å²) in [7, 11) is 0. The zero-order chi connectivity index (χ0) is 11.8. The summed E-state index contributed by atoms with van der Waals surface area (Å²) in [6.07, 6.45) is 1.51. The second kappa shape index (κ2) is 7.35. The Kier molecular flexibility index (Phi) is 6.03. The van der Waals surface area contributed by atoms with E-state index in [0.717, 1.165) is 30.2 Å². The van der Waals surface area contributed by atoms with Crippen LogP contribution in [0.3, 0.4) is 0 Å². The molecule has 0 spiro atoms. The molecular weight excluding hydrogens is 222 g/mol. The fourth-order valence-corrected chi connectivity index (χ4v) is 1.87. The van der Waals surface area contributed by atoms with Crippen LogP contribution in [-0.2, 0) is 11.3 Å². The number of carbonyl (C=O) groups excluding carboxylic acids is 1. The zero-order valence-electron chi connectivity index (χ0n) is 9.88. The molecule has 0 aliphatic rings. The molecule has 0 aliphatic heterocycles. The van der Waals surface area contributed by atoms with Crippen molar-refractivity contribution >= 4 is 17.2 Å². The second-order valence-electron chi connectivity index (χ2n) is 3.63. The molecule has 1 aromatic rings. The molecule has 0 saturated heterocycles. The van der Waals surface area contributed by atoms with Gasteiger partial charge in [-0.15, -0.1) is 11.3 Å². The van der Waals surface area contributed by atoms with Crippen LogP contribution in [0.25, 0.3) is 0 Å². The Hall–Kier alpha value is -0.940. The summed E-state index contributed by atoms with van der Waals surface area (Å²) in [5.41, 5.74) is 1.05. The number of aromatic nitrogens is 1. The number of hydrogen-bond donors (Lipinski definition) is 2. The molecule has 0 aromatic carbocycles. The van der Waals surface area contributed by atoms with E-state index in [1.54, 1.807) is 11.3 Å². The second-order valence-corrected chi connectivity index (χ2v) is 4.70. The third kappa shape index (κ3) is 5.23. The summed E-state index contributed by atoms with van der Waals surface area (Å²) in [6, 6.07) is 0. The fraction of sp³-hybridized carbons (Fsp3) is 0.636. The minimum absolute atomic E-state index is 0.115. The summed E-state index contributed by atoms with van der Waals surface area (Å²) in [5.74, 6) is 0.115. The number of thiazole rings is 1. The molecule has 0 unspecified atom stereocenters. The van der Waals surface area contributed by atoms with E-state index in [0.29, 0.717) is 13.0 Å². The van der Waals surface area contributed by atoms with Gasteiger partial charge in [0, 0.05) is 31.4 Å². The molecule has 90 valence electrons. The van der Waals surface area contributed by atoms with Crippen molar-refractivity contribution < 1.29 is 4.79 Å². The summed E-state index contributed by atoms with van der Waals surface area (Å²) < 4.78 is 0. The van der Waals surface area contributed by atoms with Crippen molar-refractivity contribution in [2.75, 3.05) is 13.1 Å². The molecule has 2 N–H and O–H groups in total. The number of amides is 1. The number of nitrogens with one attached hydrogen (secondary N) is 2. The number of aryl methyl sites for hydroxylation is 1. The smallest absolute Gasteiger partial charge is 0.221 e. The minimum Gasteiger partial charge on any atom is -0.356 e. The molecule has 0 radical (unpaired) electrons. The lowest BCUT2D eigenvalue weighted by atomic mass is 10.3. The maximum absolute atomic E-state index is 11.3. The van der Waals surface area contributed by atoms with Crippen LogP contribution in [0.1, 0.15) is 30.5 Å². The van der Waals surface area contributed by atoms with E-state index in [1.165, 1.54) is 0 Å². The molecule has 0 aliphatic carbocycles. The molecule has 0 bridgehead atoms. The summed E-state index contributed by atoms with van der Waals surface area (Å²) in [5, 5.41) is 9.17. The molecule has 1 amide bonds. The Morgan fingerprint density at radius 1 is 1.50 bits per heavy atom. The first kappa shape index (κ1) is 13.1. The van der Waals surface area contributed by atoms with Gasteiger partial charge in [-0.3, -0.25) is 4.79 Å². The average Bonchev–Trinajstić information content (AvgIpc) is 2.67. The van der Waals surface area contributed by atoms with Crippen molar-refractivity contribution in [2.45, 2.75) is 33.2 Å². The van der Waals surface area contributed by atoms with Gasteiger partial charge in [-0.25, -0.2) is 4.98 Å². The molecule has 4 nitrogen and oxygen atoms in total. The number of rotatable bonds is 7. The average molecular weight is 241 g/mol. The Labute approximate surface area is 100 Å². The van der Waals surface area contributed by atoms with E-state index in [1.807, 2.05) is 19.2 Å². The van der Waals surface area contributed by atoms with E-state index in [2.05, 4.69) is 15.6 Å². The van der Waals surface area contributed by atoms with Crippen molar-refractivity contribution in [2.24, 2.45) is 0 Å². The first-order valence-corrected chi connectivity index (χ1v) is 6.48. The maximum atomic E-state index is 11.3. The topological polar surface area (TPSA) is 54.0 Å². The zero-order valence-corrected chi connectivity index (χ0v) is 10.7. The van der Waals surface area contributed by atoms with E-state index >= 15 is 0 Å². The van der Waals surface area contributed by atoms with Crippen LogP contribution >= 0.6 is 11.3 Å². The molecule has 1 rings (SSSR count). The fourth-order valence-electron chi connectivity index (χ4n) is 1.26. The van der Waals surface area contributed by atoms with Gasteiger partial charge in [-0.1, -0.05) is 6.92 Å². The summed E-state index contributed by atoms with van der Waals surface area (Å²) in [4.78, 5) is 15.6. The quantitative estimate of drug-likeness (QED) is 0.711. The third-order valence-electron chi connectivity index (χ3n) is 2.07. The highest BCUT2D eigenvalue weighted by Crippen LogP contribution is 2.06. The van der Waals surface area contributed by atoms with E-state index in [4.69, 9.17) is 0 Å². The lowest BCUT2D eigenvalue weighted by Gasteiger charge is -2.04. The van der Waals surface area contributed by atoms with Gasteiger partial charge in [-0.2, -0.15) is 0 Å². The Balaban J connectivity index is 2.05. The highest BCUT2D eigenvalue weighted by molar-refractivity contribution is 7.09. The Bertz CT molecular complexity index is 325. The monoisotopic (exact) mass is 241 g/mol. The van der Waals surface area contributed by atoms with E-state index in [-0.39, 0.29) is 5.91 Å². The van der Waals surface area contributed by atoms with Crippen LogP contribution in [0, 0.1) is 6.92 Å². The van der Waals surface area contributed by atoms with Crippen molar-refractivity contribution in [1.29, 1.82) is 0 Å². The third-order valence-corrected chi connectivity index (χ3v) is 2.90. The first-order valence-electron chi connectivity index (χ1n) is 5.60.